The second-order valence-corrected chi connectivity index (χ2v) is 5.23. The van der Waals surface area contributed by atoms with Crippen molar-refractivity contribution in [3.05, 3.63) is 34.4 Å². The number of nitro benzene ring substituents is 1. The lowest BCUT2D eigenvalue weighted by Gasteiger charge is -2.11. The van der Waals surface area contributed by atoms with E-state index >= 15 is 0 Å². The number of nitro groups is 1. The summed E-state index contributed by atoms with van der Waals surface area (Å²) in [6.07, 6.45) is 0. The van der Waals surface area contributed by atoms with Gasteiger partial charge >= 0.3 is 0 Å². The van der Waals surface area contributed by atoms with Crippen molar-refractivity contribution in [1.82, 2.24) is 4.72 Å². The van der Waals surface area contributed by atoms with E-state index in [9.17, 15) is 18.5 Å². The molecule has 7 nitrogen and oxygen atoms in total. The fraction of sp³-hybridized carbons (Fsp3) is 0.333. The standard InChI is InChI=1S/C9H13N3O4S/c1-7(6-10)11-17(15,16)9-4-2-3-8(5-9)12(13)14/h2-5,7,11H,6,10H2,1H3/t7-/m0/s1. The van der Waals surface area contributed by atoms with Crippen molar-refractivity contribution in [1.29, 1.82) is 0 Å². The third-order valence-corrected chi connectivity index (χ3v) is 3.64. The minimum absolute atomic E-state index is 0.146. The second kappa shape index (κ2) is 5.21. The topological polar surface area (TPSA) is 115 Å². The minimum Gasteiger partial charge on any atom is -0.329 e. The third-order valence-electron chi connectivity index (χ3n) is 2.05. The predicted molar refractivity (Wildman–Crippen MR) is 61.9 cm³/mol. The Bertz CT molecular complexity index is 515. The molecule has 17 heavy (non-hydrogen) atoms. The Morgan fingerprint density at radius 1 is 1.53 bits per heavy atom. The number of hydrogen-bond acceptors (Lipinski definition) is 5. The lowest BCUT2D eigenvalue weighted by atomic mass is 10.3. The molecule has 0 saturated carbocycles. The quantitative estimate of drug-likeness (QED) is 0.579. The average molecular weight is 259 g/mol. The maximum absolute atomic E-state index is 11.8. The van der Waals surface area contributed by atoms with Gasteiger partial charge in [0.2, 0.25) is 10.0 Å². The number of benzene rings is 1. The monoisotopic (exact) mass is 259 g/mol. The Balaban J connectivity index is 3.07. The Morgan fingerprint density at radius 3 is 2.71 bits per heavy atom. The van der Waals surface area contributed by atoms with Gasteiger partial charge in [-0.1, -0.05) is 6.07 Å². The highest BCUT2D eigenvalue weighted by Crippen LogP contribution is 2.17. The zero-order valence-corrected chi connectivity index (χ0v) is 9.98. The van der Waals surface area contributed by atoms with Crippen molar-refractivity contribution in [2.24, 2.45) is 5.73 Å². The first-order valence-corrected chi connectivity index (χ1v) is 6.32. The largest absolute Gasteiger partial charge is 0.329 e. The van der Waals surface area contributed by atoms with E-state index in [1.54, 1.807) is 6.92 Å². The van der Waals surface area contributed by atoms with Crippen LogP contribution in [-0.4, -0.2) is 25.9 Å². The van der Waals surface area contributed by atoms with Crippen molar-refractivity contribution >= 4 is 15.7 Å². The molecule has 0 unspecified atom stereocenters. The van der Waals surface area contributed by atoms with Crippen LogP contribution in [0.5, 0.6) is 0 Å². The van der Waals surface area contributed by atoms with E-state index in [1.165, 1.54) is 18.2 Å². The summed E-state index contributed by atoms with van der Waals surface area (Å²) < 4.78 is 25.9. The van der Waals surface area contributed by atoms with Gasteiger partial charge in [0.25, 0.3) is 5.69 Å². The molecule has 0 amide bonds. The molecule has 0 bridgehead atoms. The van der Waals surface area contributed by atoms with Crippen LogP contribution in [0.4, 0.5) is 5.69 Å². The number of nitrogens with zero attached hydrogens (tertiary/aromatic N) is 1. The molecule has 1 aromatic rings. The van der Waals surface area contributed by atoms with Gasteiger partial charge in [0, 0.05) is 24.7 Å². The number of non-ortho nitro benzene ring substituents is 1. The highest BCUT2D eigenvalue weighted by Gasteiger charge is 2.19. The first-order chi connectivity index (χ1) is 7.86. The zero-order valence-electron chi connectivity index (χ0n) is 9.16. The summed E-state index contributed by atoms with van der Waals surface area (Å²) in [6.45, 7) is 1.75. The molecule has 94 valence electrons. The normalized spacial score (nSPS) is 13.3. The lowest BCUT2D eigenvalue weighted by molar-refractivity contribution is -0.385. The molecule has 1 aromatic carbocycles. The molecule has 3 N–H and O–H groups in total. The fourth-order valence-electron chi connectivity index (χ4n) is 1.15. The molecule has 8 heteroatoms. The predicted octanol–water partition coefficient (Wildman–Crippen LogP) is 0.220. The number of nitrogens with one attached hydrogen (secondary N) is 1. The Labute approximate surface area is 98.8 Å². The van der Waals surface area contributed by atoms with Crippen molar-refractivity contribution in [3.8, 4) is 0 Å². The minimum atomic E-state index is -3.76. The summed E-state index contributed by atoms with van der Waals surface area (Å²) in [5, 5.41) is 10.5. The van der Waals surface area contributed by atoms with Gasteiger partial charge in [0.05, 0.1) is 9.82 Å². The van der Waals surface area contributed by atoms with Crippen LogP contribution in [0.1, 0.15) is 6.92 Å². The molecule has 0 radical (unpaired) electrons. The molecule has 0 aromatic heterocycles. The van der Waals surface area contributed by atoms with Crippen LogP contribution in [0, 0.1) is 10.1 Å². The maximum atomic E-state index is 11.8. The van der Waals surface area contributed by atoms with Crippen LogP contribution in [0.2, 0.25) is 0 Å². The van der Waals surface area contributed by atoms with Gasteiger partial charge in [-0.2, -0.15) is 0 Å². The molecular weight excluding hydrogens is 246 g/mol. The van der Waals surface area contributed by atoms with Crippen LogP contribution in [0.25, 0.3) is 0 Å². The zero-order chi connectivity index (χ0) is 13.1. The molecule has 0 aliphatic heterocycles. The Hall–Kier alpha value is -1.51. The van der Waals surface area contributed by atoms with E-state index in [-0.39, 0.29) is 17.1 Å². The molecule has 0 aliphatic carbocycles. The van der Waals surface area contributed by atoms with Gasteiger partial charge in [0.15, 0.2) is 0 Å². The summed E-state index contributed by atoms with van der Waals surface area (Å²) in [5.41, 5.74) is 5.03. The van der Waals surface area contributed by atoms with E-state index < -0.39 is 21.0 Å². The van der Waals surface area contributed by atoms with Crippen LogP contribution >= 0.6 is 0 Å². The molecule has 1 rings (SSSR count). The van der Waals surface area contributed by atoms with Crippen molar-refractivity contribution in [2.45, 2.75) is 17.9 Å². The smallest absolute Gasteiger partial charge is 0.270 e. The van der Waals surface area contributed by atoms with E-state index in [2.05, 4.69) is 4.72 Å². The van der Waals surface area contributed by atoms with Crippen LogP contribution < -0.4 is 10.5 Å². The summed E-state index contributed by atoms with van der Waals surface area (Å²) in [4.78, 5) is 9.74. The average Bonchev–Trinajstić information content (AvgIpc) is 2.28. The van der Waals surface area contributed by atoms with Gasteiger partial charge in [-0.25, -0.2) is 13.1 Å². The van der Waals surface area contributed by atoms with E-state index in [0.717, 1.165) is 6.07 Å². The van der Waals surface area contributed by atoms with Crippen molar-refractivity contribution in [2.75, 3.05) is 6.54 Å². The summed E-state index contributed by atoms with van der Waals surface area (Å²) in [5.74, 6) is 0. The SMILES string of the molecule is C[C@@H](CN)NS(=O)(=O)c1cccc([N+](=O)[O-])c1. The van der Waals surface area contributed by atoms with Crippen molar-refractivity contribution < 1.29 is 13.3 Å². The Kier molecular flexibility index (Phi) is 4.16. The molecule has 0 spiro atoms. The maximum Gasteiger partial charge on any atom is 0.270 e. The Morgan fingerprint density at radius 2 is 2.18 bits per heavy atom. The number of rotatable bonds is 5. The first kappa shape index (κ1) is 13.6. The third kappa shape index (κ3) is 3.48. The summed E-state index contributed by atoms with van der Waals surface area (Å²) in [6, 6.07) is 4.41. The van der Waals surface area contributed by atoms with E-state index in [1.807, 2.05) is 0 Å². The summed E-state index contributed by atoms with van der Waals surface area (Å²) >= 11 is 0. The number of hydrogen-bond donors (Lipinski definition) is 2. The van der Waals surface area contributed by atoms with Crippen LogP contribution in [0.15, 0.2) is 29.2 Å². The highest BCUT2D eigenvalue weighted by molar-refractivity contribution is 7.89. The van der Waals surface area contributed by atoms with Gasteiger partial charge in [-0.05, 0) is 13.0 Å². The van der Waals surface area contributed by atoms with E-state index in [4.69, 9.17) is 5.73 Å². The molecule has 0 fully saturated rings. The summed E-state index contributed by atoms with van der Waals surface area (Å²) in [7, 11) is -3.76. The van der Waals surface area contributed by atoms with Gasteiger partial charge in [0.1, 0.15) is 0 Å². The number of nitrogens with two attached hydrogens (primary N) is 1. The second-order valence-electron chi connectivity index (χ2n) is 3.51. The lowest BCUT2D eigenvalue weighted by Crippen LogP contribution is -2.37. The molecule has 0 heterocycles. The molecule has 1 atom stereocenters. The van der Waals surface area contributed by atoms with Crippen LogP contribution in [-0.2, 0) is 10.0 Å². The molecular formula is C9H13N3O4S. The number of sulfonamides is 1. The molecule has 0 saturated heterocycles. The van der Waals surface area contributed by atoms with Gasteiger partial charge in [-0.15, -0.1) is 0 Å². The van der Waals surface area contributed by atoms with Crippen LogP contribution in [0.3, 0.4) is 0 Å². The highest BCUT2D eigenvalue weighted by atomic mass is 32.2. The first-order valence-electron chi connectivity index (χ1n) is 4.83. The van der Waals surface area contributed by atoms with E-state index in [0.29, 0.717) is 0 Å². The van der Waals surface area contributed by atoms with Gasteiger partial charge in [-0.3, -0.25) is 10.1 Å². The molecule has 0 aliphatic rings. The van der Waals surface area contributed by atoms with Crippen molar-refractivity contribution in [3.63, 3.8) is 0 Å². The fourth-order valence-corrected chi connectivity index (χ4v) is 2.44. The van der Waals surface area contributed by atoms with Gasteiger partial charge < -0.3 is 5.73 Å².